The first kappa shape index (κ1) is 16.2. The van der Waals surface area contributed by atoms with E-state index in [0.29, 0.717) is 22.3 Å². The second-order valence-corrected chi connectivity index (χ2v) is 7.43. The highest BCUT2D eigenvalue weighted by atomic mass is 32.1. The molecule has 2 nitrogen and oxygen atoms in total. The summed E-state index contributed by atoms with van der Waals surface area (Å²) in [6.07, 6.45) is 4.77. The molecule has 0 unspecified atom stereocenters. The summed E-state index contributed by atoms with van der Waals surface area (Å²) in [4.78, 5) is 0. The van der Waals surface area contributed by atoms with E-state index in [1.165, 1.54) is 25.0 Å². The van der Waals surface area contributed by atoms with Crippen LogP contribution in [-0.4, -0.2) is 11.2 Å². The fourth-order valence-corrected chi connectivity index (χ4v) is 3.31. The van der Waals surface area contributed by atoms with E-state index < -0.39 is 0 Å². The Morgan fingerprint density at radius 2 is 1.86 bits per heavy atom. The van der Waals surface area contributed by atoms with Crippen LogP contribution >= 0.6 is 12.2 Å². The van der Waals surface area contributed by atoms with Crippen molar-refractivity contribution in [2.75, 3.05) is 5.32 Å². The van der Waals surface area contributed by atoms with Crippen molar-refractivity contribution in [2.24, 2.45) is 11.3 Å². The Morgan fingerprint density at radius 1 is 1.19 bits per heavy atom. The molecule has 21 heavy (non-hydrogen) atoms. The average molecular weight is 308 g/mol. The molecule has 4 heteroatoms. The Morgan fingerprint density at radius 3 is 2.43 bits per heavy atom. The molecule has 0 aromatic heterocycles. The summed E-state index contributed by atoms with van der Waals surface area (Å²) in [6.45, 7) is 6.96. The summed E-state index contributed by atoms with van der Waals surface area (Å²) < 4.78 is 13.1. The highest BCUT2D eigenvalue weighted by Gasteiger charge is 2.29. The highest BCUT2D eigenvalue weighted by molar-refractivity contribution is 7.80. The normalized spacial score (nSPS) is 22.7. The minimum absolute atomic E-state index is 0.256. The molecule has 1 aromatic carbocycles. The van der Waals surface area contributed by atoms with Crippen molar-refractivity contribution >= 4 is 23.0 Å². The van der Waals surface area contributed by atoms with Gasteiger partial charge in [-0.25, -0.2) is 4.39 Å². The van der Waals surface area contributed by atoms with Gasteiger partial charge in [0.25, 0.3) is 0 Å². The first-order valence-corrected chi connectivity index (χ1v) is 8.08. The fourth-order valence-electron chi connectivity index (χ4n) is 3.02. The van der Waals surface area contributed by atoms with Crippen molar-refractivity contribution in [1.82, 2.24) is 5.32 Å². The number of nitrogens with one attached hydrogen (secondary N) is 2. The van der Waals surface area contributed by atoms with Crippen LogP contribution in [0.2, 0.25) is 0 Å². The Balaban J connectivity index is 1.79. The molecule has 1 aromatic rings. The van der Waals surface area contributed by atoms with Crippen molar-refractivity contribution in [3.63, 3.8) is 0 Å². The van der Waals surface area contributed by atoms with Crippen LogP contribution in [0.4, 0.5) is 10.1 Å². The van der Waals surface area contributed by atoms with Gasteiger partial charge in [-0.05, 0) is 67.4 Å². The topological polar surface area (TPSA) is 24.1 Å². The van der Waals surface area contributed by atoms with Gasteiger partial charge in [-0.2, -0.15) is 0 Å². The third kappa shape index (κ3) is 4.95. The molecule has 0 heterocycles. The molecule has 0 atom stereocenters. The number of hydrogen-bond donors (Lipinski definition) is 2. The molecule has 0 amide bonds. The molecule has 2 N–H and O–H groups in total. The maximum absolute atomic E-state index is 13.1. The largest absolute Gasteiger partial charge is 0.360 e. The molecular weight excluding hydrogens is 283 g/mol. The summed E-state index contributed by atoms with van der Waals surface area (Å²) in [5.74, 6) is 0.536. The lowest BCUT2D eigenvalue weighted by molar-refractivity contribution is 0.166. The maximum atomic E-state index is 13.1. The number of benzene rings is 1. The molecule has 0 bridgehead atoms. The van der Waals surface area contributed by atoms with E-state index in [4.69, 9.17) is 12.2 Å². The molecule has 1 aliphatic carbocycles. The standard InChI is InChI=1S/C17H25FN2S/c1-17(2,3)12-7-9-14(10-8-12)19-16(21)20-15-6-4-5-13(18)11-15/h4-6,11-12,14H,7-10H2,1-3H3,(H2,19,20,21). The van der Waals surface area contributed by atoms with Crippen LogP contribution in [0.5, 0.6) is 0 Å². The number of hydrogen-bond acceptors (Lipinski definition) is 1. The number of thiocarbonyl (C=S) groups is 1. The Kier molecular flexibility index (Phi) is 5.20. The molecule has 2 rings (SSSR count). The van der Waals surface area contributed by atoms with Crippen LogP contribution < -0.4 is 10.6 Å². The van der Waals surface area contributed by atoms with Crippen molar-refractivity contribution in [2.45, 2.75) is 52.5 Å². The molecule has 1 saturated carbocycles. The third-order valence-electron chi connectivity index (χ3n) is 4.37. The molecule has 1 fully saturated rings. The van der Waals surface area contributed by atoms with Gasteiger partial charge in [-0.3, -0.25) is 0 Å². The second-order valence-electron chi connectivity index (χ2n) is 7.02. The van der Waals surface area contributed by atoms with Crippen molar-refractivity contribution in [3.8, 4) is 0 Å². The van der Waals surface area contributed by atoms with E-state index in [-0.39, 0.29) is 5.82 Å². The third-order valence-corrected chi connectivity index (χ3v) is 4.59. The van der Waals surface area contributed by atoms with Crippen LogP contribution in [0.3, 0.4) is 0 Å². The summed E-state index contributed by atoms with van der Waals surface area (Å²) in [5, 5.41) is 6.99. The lowest BCUT2D eigenvalue weighted by atomic mass is 9.71. The van der Waals surface area contributed by atoms with E-state index in [9.17, 15) is 4.39 Å². The average Bonchev–Trinajstić information content (AvgIpc) is 2.38. The zero-order chi connectivity index (χ0) is 15.5. The Labute approximate surface area is 132 Å². The summed E-state index contributed by atoms with van der Waals surface area (Å²) in [5.41, 5.74) is 1.08. The van der Waals surface area contributed by atoms with Crippen molar-refractivity contribution < 1.29 is 4.39 Å². The quantitative estimate of drug-likeness (QED) is 0.773. The zero-order valence-corrected chi connectivity index (χ0v) is 13.9. The second kappa shape index (κ2) is 6.73. The van der Waals surface area contributed by atoms with Gasteiger partial charge in [-0.15, -0.1) is 0 Å². The smallest absolute Gasteiger partial charge is 0.170 e. The molecular formula is C17H25FN2S. The molecule has 0 saturated heterocycles. The molecule has 0 radical (unpaired) electrons. The molecule has 116 valence electrons. The number of rotatable bonds is 2. The predicted octanol–water partition coefficient (Wildman–Crippen LogP) is 4.72. The fraction of sp³-hybridized carbons (Fsp3) is 0.588. The van der Waals surface area contributed by atoms with Gasteiger partial charge >= 0.3 is 0 Å². The van der Waals surface area contributed by atoms with Gasteiger partial charge < -0.3 is 10.6 Å². The Hall–Kier alpha value is -1.16. The number of anilines is 1. The summed E-state index contributed by atoms with van der Waals surface area (Å²) in [7, 11) is 0. The maximum Gasteiger partial charge on any atom is 0.170 e. The monoisotopic (exact) mass is 308 g/mol. The Bertz CT molecular complexity index is 488. The molecule has 0 aliphatic heterocycles. The zero-order valence-electron chi connectivity index (χ0n) is 13.1. The van der Waals surface area contributed by atoms with E-state index in [1.54, 1.807) is 6.07 Å². The van der Waals surface area contributed by atoms with Crippen LogP contribution in [0.25, 0.3) is 0 Å². The lowest BCUT2D eigenvalue weighted by Gasteiger charge is -2.37. The van der Waals surface area contributed by atoms with E-state index in [2.05, 4.69) is 31.4 Å². The van der Waals surface area contributed by atoms with E-state index >= 15 is 0 Å². The minimum Gasteiger partial charge on any atom is -0.360 e. The van der Waals surface area contributed by atoms with Gasteiger partial charge in [-0.1, -0.05) is 26.8 Å². The van der Waals surface area contributed by atoms with Crippen molar-refractivity contribution in [1.29, 1.82) is 0 Å². The van der Waals surface area contributed by atoms with Crippen LogP contribution in [-0.2, 0) is 0 Å². The van der Waals surface area contributed by atoms with Gasteiger partial charge in [0.05, 0.1) is 0 Å². The SMILES string of the molecule is CC(C)(C)C1CCC(NC(=S)Nc2cccc(F)c2)CC1. The van der Waals surface area contributed by atoms with Crippen LogP contribution in [0.15, 0.2) is 24.3 Å². The summed E-state index contributed by atoms with van der Waals surface area (Å²) >= 11 is 5.32. The van der Waals surface area contributed by atoms with Gasteiger partial charge in [0.2, 0.25) is 0 Å². The van der Waals surface area contributed by atoms with Gasteiger partial charge in [0.15, 0.2) is 5.11 Å². The first-order valence-electron chi connectivity index (χ1n) is 7.67. The van der Waals surface area contributed by atoms with E-state index in [0.717, 1.165) is 18.8 Å². The minimum atomic E-state index is -0.256. The lowest BCUT2D eigenvalue weighted by Crippen LogP contribution is -2.41. The molecule has 0 spiro atoms. The van der Waals surface area contributed by atoms with Crippen LogP contribution in [0, 0.1) is 17.2 Å². The first-order chi connectivity index (χ1) is 9.84. The predicted molar refractivity (Wildman–Crippen MR) is 91.0 cm³/mol. The number of halogens is 1. The van der Waals surface area contributed by atoms with Crippen LogP contribution in [0.1, 0.15) is 46.5 Å². The van der Waals surface area contributed by atoms with Gasteiger partial charge in [0, 0.05) is 11.7 Å². The molecule has 1 aliphatic rings. The highest BCUT2D eigenvalue weighted by Crippen LogP contribution is 2.37. The van der Waals surface area contributed by atoms with Gasteiger partial charge in [0.1, 0.15) is 5.82 Å². The summed E-state index contributed by atoms with van der Waals surface area (Å²) in [6, 6.07) is 6.79. The van der Waals surface area contributed by atoms with E-state index in [1.807, 2.05) is 6.07 Å². The van der Waals surface area contributed by atoms with Crippen molar-refractivity contribution in [3.05, 3.63) is 30.1 Å².